The molecule has 10 heteroatoms. The first-order valence-corrected chi connectivity index (χ1v) is 10.9. The summed E-state index contributed by atoms with van der Waals surface area (Å²) in [5.41, 5.74) is 2.89. The molecule has 1 aromatic carbocycles. The van der Waals surface area contributed by atoms with E-state index in [0.29, 0.717) is 16.9 Å². The number of aryl methyl sites for hydroxylation is 1. The molecule has 0 aliphatic carbocycles. The van der Waals surface area contributed by atoms with E-state index in [1.54, 1.807) is 24.0 Å². The third-order valence-corrected chi connectivity index (χ3v) is 5.78. The third kappa shape index (κ3) is 4.08. The second-order valence-corrected chi connectivity index (χ2v) is 8.26. The first kappa shape index (κ1) is 21.9. The highest BCUT2D eigenvalue weighted by atomic mass is 19.1. The van der Waals surface area contributed by atoms with Crippen molar-refractivity contribution in [1.29, 1.82) is 0 Å². The molecule has 1 aliphatic heterocycles. The van der Waals surface area contributed by atoms with Crippen LogP contribution in [0, 0.1) is 11.6 Å². The van der Waals surface area contributed by atoms with Gasteiger partial charge in [-0.1, -0.05) is 6.58 Å². The van der Waals surface area contributed by atoms with Gasteiger partial charge in [0, 0.05) is 44.2 Å². The molecule has 0 spiro atoms. The molecule has 4 heterocycles. The summed E-state index contributed by atoms with van der Waals surface area (Å²) in [6, 6.07) is 6.69. The van der Waals surface area contributed by atoms with Crippen LogP contribution < -0.4 is 15.5 Å². The van der Waals surface area contributed by atoms with E-state index < -0.39 is 11.6 Å². The predicted molar refractivity (Wildman–Crippen MR) is 129 cm³/mol. The average Bonchev–Trinajstić information content (AvgIpc) is 3.18. The molecule has 0 bridgehead atoms. The SMILES string of the molecule is C=C(C)c1c2cc(-c3nc(Nc4ccc(N5CCNCC5)cn4)ncc3F)cc(F)c2nn1C. The van der Waals surface area contributed by atoms with Gasteiger partial charge in [0.2, 0.25) is 5.95 Å². The molecule has 8 nitrogen and oxygen atoms in total. The maximum Gasteiger partial charge on any atom is 0.229 e. The fourth-order valence-electron chi connectivity index (χ4n) is 4.21. The normalized spacial score (nSPS) is 13.9. The van der Waals surface area contributed by atoms with E-state index in [9.17, 15) is 8.78 Å². The fraction of sp³-hybridized carbons (Fsp3) is 0.250. The summed E-state index contributed by atoms with van der Waals surface area (Å²) in [4.78, 5) is 15.0. The van der Waals surface area contributed by atoms with Gasteiger partial charge in [0.1, 0.15) is 17.0 Å². The molecule has 0 amide bonds. The number of allylic oxidation sites excluding steroid dienone is 1. The first-order chi connectivity index (χ1) is 16.4. The second kappa shape index (κ2) is 8.79. The smallest absolute Gasteiger partial charge is 0.229 e. The number of nitrogens with one attached hydrogen (secondary N) is 2. The highest BCUT2D eigenvalue weighted by Gasteiger charge is 2.18. The zero-order valence-corrected chi connectivity index (χ0v) is 18.9. The zero-order chi connectivity index (χ0) is 23.8. The topological polar surface area (TPSA) is 83.8 Å². The fourth-order valence-corrected chi connectivity index (χ4v) is 4.21. The molecular weight excluding hydrogens is 438 g/mol. The average molecular weight is 463 g/mol. The molecule has 0 radical (unpaired) electrons. The lowest BCUT2D eigenvalue weighted by molar-refractivity contribution is 0.589. The molecule has 174 valence electrons. The van der Waals surface area contributed by atoms with Crippen LogP contribution >= 0.6 is 0 Å². The Balaban J connectivity index is 1.46. The Hall–Kier alpha value is -3.92. The second-order valence-electron chi connectivity index (χ2n) is 8.26. The summed E-state index contributed by atoms with van der Waals surface area (Å²) in [5.74, 6) is -0.541. The molecule has 1 fully saturated rings. The number of halogens is 2. The summed E-state index contributed by atoms with van der Waals surface area (Å²) in [6.45, 7) is 9.48. The molecule has 0 atom stereocenters. The standard InChI is InChI=1S/C24H24F2N8/c1-14(2)23-17-10-15(11-18(25)22(17)32-33(23)3)21-19(26)13-29-24(31-21)30-20-5-4-16(12-28-20)34-8-6-27-7-9-34/h4-5,10-13,27H,1,6-9H2,2-3H3,(H,28,29,30,31). The van der Waals surface area contributed by atoms with Gasteiger partial charge in [-0.3, -0.25) is 4.68 Å². The minimum atomic E-state index is -0.660. The zero-order valence-electron chi connectivity index (χ0n) is 18.9. The molecular formula is C24H24F2N8. The quantitative estimate of drug-likeness (QED) is 0.466. The predicted octanol–water partition coefficient (Wildman–Crippen LogP) is 3.89. The molecule has 2 N–H and O–H groups in total. The van der Waals surface area contributed by atoms with Crippen molar-refractivity contribution in [3.05, 3.63) is 60.6 Å². The molecule has 1 saturated heterocycles. The van der Waals surface area contributed by atoms with Crippen molar-refractivity contribution in [2.24, 2.45) is 7.05 Å². The number of fused-ring (bicyclic) bond motifs is 1. The summed E-state index contributed by atoms with van der Waals surface area (Å²) in [6.07, 6.45) is 2.84. The Morgan fingerprint density at radius 3 is 2.59 bits per heavy atom. The van der Waals surface area contributed by atoms with Crippen molar-refractivity contribution in [1.82, 2.24) is 30.0 Å². The van der Waals surface area contributed by atoms with Gasteiger partial charge in [-0.25, -0.2) is 23.7 Å². The number of benzene rings is 1. The Morgan fingerprint density at radius 2 is 1.88 bits per heavy atom. The van der Waals surface area contributed by atoms with Crippen LogP contribution in [0.5, 0.6) is 0 Å². The Labute approximate surface area is 195 Å². The monoisotopic (exact) mass is 462 g/mol. The van der Waals surface area contributed by atoms with E-state index in [0.717, 1.165) is 43.6 Å². The van der Waals surface area contributed by atoms with Gasteiger partial charge in [0.15, 0.2) is 11.6 Å². The van der Waals surface area contributed by atoms with Gasteiger partial charge in [-0.15, -0.1) is 0 Å². The van der Waals surface area contributed by atoms with Crippen molar-refractivity contribution in [3.63, 3.8) is 0 Å². The van der Waals surface area contributed by atoms with Crippen molar-refractivity contribution in [2.45, 2.75) is 6.92 Å². The molecule has 0 unspecified atom stereocenters. The molecule has 34 heavy (non-hydrogen) atoms. The number of rotatable bonds is 5. The number of anilines is 3. The van der Waals surface area contributed by atoms with Crippen molar-refractivity contribution >= 4 is 33.9 Å². The van der Waals surface area contributed by atoms with Gasteiger partial charge in [-0.2, -0.15) is 5.10 Å². The first-order valence-electron chi connectivity index (χ1n) is 10.9. The van der Waals surface area contributed by atoms with Crippen LogP contribution in [0.1, 0.15) is 12.6 Å². The molecule has 0 saturated carbocycles. The summed E-state index contributed by atoms with van der Waals surface area (Å²) in [7, 11) is 1.72. The van der Waals surface area contributed by atoms with E-state index in [4.69, 9.17) is 0 Å². The minimum absolute atomic E-state index is 0.0211. The number of pyridine rings is 1. The largest absolute Gasteiger partial charge is 0.368 e. The highest BCUT2D eigenvalue weighted by molar-refractivity contribution is 5.93. The van der Waals surface area contributed by atoms with Gasteiger partial charge >= 0.3 is 0 Å². The number of nitrogens with zero attached hydrogens (tertiary/aromatic N) is 6. The lowest BCUT2D eigenvalue weighted by Crippen LogP contribution is -2.43. The minimum Gasteiger partial charge on any atom is -0.368 e. The van der Waals surface area contributed by atoms with Gasteiger partial charge in [0.25, 0.3) is 0 Å². The Kier molecular flexibility index (Phi) is 5.66. The van der Waals surface area contributed by atoms with E-state index in [-0.39, 0.29) is 22.7 Å². The Morgan fingerprint density at radius 1 is 1.09 bits per heavy atom. The summed E-state index contributed by atoms with van der Waals surface area (Å²) >= 11 is 0. The number of piperazine rings is 1. The van der Waals surface area contributed by atoms with E-state index in [1.807, 2.05) is 19.1 Å². The lowest BCUT2D eigenvalue weighted by atomic mass is 10.0. The third-order valence-electron chi connectivity index (χ3n) is 5.78. The van der Waals surface area contributed by atoms with E-state index >= 15 is 0 Å². The maximum atomic E-state index is 14.9. The summed E-state index contributed by atoms with van der Waals surface area (Å²) in [5, 5.41) is 11.1. The molecule has 1 aliphatic rings. The number of hydrogen-bond acceptors (Lipinski definition) is 7. The number of hydrogen-bond donors (Lipinski definition) is 2. The van der Waals surface area contributed by atoms with E-state index in [2.05, 4.69) is 42.2 Å². The van der Waals surface area contributed by atoms with Crippen LogP contribution in [0.25, 0.3) is 27.7 Å². The van der Waals surface area contributed by atoms with Crippen LogP contribution in [0.4, 0.5) is 26.2 Å². The van der Waals surface area contributed by atoms with Crippen molar-refractivity contribution < 1.29 is 8.78 Å². The maximum absolute atomic E-state index is 14.9. The van der Waals surface area contributed by atoms with Crippen molar-refractivity contribution in [2.75, 3.05) is 36.4 Å². The van der Waals surface area contributed by atoms with Crippen LogP contribution in [0.2, 0.25) is 0 Å². The van der Waals surface area contributed by atoms with E-state index in [1.165, 1.54) is 6.07 Å². The van der Waals surface area contributed by atoms with Crippen molar-refractivity contribution in [3.8, 4) is 11.3 Å². The molecule has 3 aromatic heterocycles. The summed E-state index contributed by atoms with van der Waals surface area (Å²) < 4.78 is 31.1. The van der Waals surface area contributed by atoms with Gasteiger partial charge in [0.05, 0.1) is 23.8 Å². The number of aromatic nitrogens is 5. The van der Waals surface area contributed by atoms with Crippen LogP contribution in [-0.4, -0.2) is 50.9 Å². The Bertz CT molecular complexity index is 1370. The molecule has 4 aromatic rings. The van der Waals surface area contributed by atoms with Gasteiger partial charge < -0.3 is 15.5 Å². The van der Waals surface area contributed by atoms with Crippen LogP contribution in [-0.2, 0) is 7.05 Å². The van der Waals surface area contributed by atoms with Crippen LogP contribution in [0.3, 0.4) is 0 Å². The lowest BCUT2D eigenvalue weighted by Gasteiger charge is -2.29. The van der Waals surface area contributed by atoms with Crippen LogP contribution in [0.15, 0.2) is 43.2 Å². The molecule has 5 rings (SSSR count). The van der Waals surface area contributed by atoms with Gasteiger partial charge in [-0.05, 0) is 36.8 Å². The highest BCUT2D eigenvalue weighted by Crippen LogP contribution is 2.31.